The van der Waals surface area contributed by atoms with E-state index in [0.717, 1.165) is 0 Å². The van der Waals surface area contributed by atoms with Gasteiger partial charge in [0.25, 0.3) is 0 Å². The van der Waals surface area contributed by atoms with Crippen LogP contribution in [-0.2, 0) is 28.8 Å². The van der Waals surface area contributed by atoms with Gasteiger partial charge in [0.15, 0.2) is 0 Å². The summed E-state index contributed by atoms with van der Waals surface area (Å²) in [6.45, 7) is 3.17. The molecule has 0 saturated carbocycles. The molecule has 33 heavy (non-hydrogen) atoms. The number of nitrogens with one attached hydrogen (secondary N) is 3. The number of nitrogens with two attached hydrogens (primary N) is 2. The third-order valence-electron chi connectivity index (χ3n) is 5.78. The molecule has 6 amide bonds. The van der Waals surface area contributed by atoms with Gasteiger partial charge in [-0.1, -0.05) is 0 Å². The van der Waals surface area contributed by atoms with Crippen LogP contribution in [-0.4, -0.2) is 95.6 Å². The molecule has 0 aromatic carbocycles. The van der Waals surface area contributed by atoms with Crippen molar-refractivity contribution in [2.75, 3.05) is 26.2 Å². The summed E-state index contributed by atoms with van der Waals surface area (Å²) in [5.74, 6) is -2.95. The summed E-state index contributed by atoms with van der Waals surface area (Å²) >= 11 is 0. The third-order valence-corrected chi connectivity index (χ3v) is 5.78. The average molecular weight is 468 g/mol. The zero-order chi connectivity index (χ0) is 24.7. The number of hydrogen-bond acceptors (Lipinski definition) is 7. The maximum Gasteiger partial charge on any atom is 0.245 e. The molecule has 7 N–H and O–H groups in total. The minimum absolute atomic E-state index is 0.251. The highest BCUT2D eigenvalue weighted by molar-refractivity contribution is 5.96. The maximum atomic E-state index is 12.9. The van der Waals surface area contributed by atoms with Crippen LogP contribution in [0.2, 0.25) is 0 Å². The molecule has 2 aliphatic rings. The predicted molar refractivity (Wildman–Crippen MR) is 116 cm³/mol. The number of nitrogens with zero attached hydrogens (tertiary/aromatic N) is 2. The predicted octanol–water partition coefficient (Wildman–Crippen LogP) is -3.46. The molecule has 0 aliphatic carbocycles. The normalized spacial score (nSPS) is 21.8. The number of carbonyl (C=O) groups is 6. The molecular weight excluding hydrogens is 434 g/mol. The summed E-state index contributed by atoms with van der Waals surface area (Å²) < 4.78 is 0. The van der Waals surface area contributed by atoms with E-state index in [1.54, 1.807) is 0 Å². The van der Waals surface area contributed by atoms with Gasteiger partial charge in [0.1, 0.15) is 24.2 Å². The standard InChI is InChI=1S/C20H33N7O6/c1-11(24-16(29)9-21)19(32)27-8-4-6-14(27)18(31)25-12(2)20(33)26-7-3-5-13(26)17(30)23-10-15(22)28/h11-14H,3-10,21H2,1-2H3,(H2,22,28)(H,23,30)(H,24,29)(H,25,31)/t11-,12-,13-,14-/m0/s1. The number of rotatable bonds is 9. The lowest BCUT2D eigenvalue weighted by atomic mass is 10.1. The Hall–Kier alpha value is -3.22. The van der Waals surface area contributed by atoms with Crippen molar-refractivity contribution in [2.45, 2.75) is 63.7 Å². The molecule has 184 valence electrons. The molecule has 0 unspecified atom stereocenters. The van der Waals surface area contributed by atoms with Gasteiger partial charge in [0.05, 0.1) is 13.1 Å². The summed E-state index contributed by atoms with van der Waals surface area (Å²) in [7, 11) is 0. The van der Waals surface area contributed by atoms with Crippen LogP contribution in [0.25, 0.3) is 0 Å². The Morgan fingerprint density at radius 2 is 1.33 bits per heavy atom. The number of carbonyl (C=O) groups excluding carboxylic acids is 6. The van der Waals surface area contributed by atoms with Crippen LogP contribution in [0.5, 0.6) is 0 Å². The minimum atomic E-state index is -0.922. The lowest BCUT2D eigenvalue weighted by molar-refractivity contribution is -0.143. The number of likely N-dealkylation sites (tertiary alicyclic amines) is 2. The Kier molecular flexibility index (Phi) is 9.14. The molecule has 2 heterocycles. The third kappa shape index (κ3) is 6.63. The van der Waals surface area contributed by atoms with Gasteiger partial charge < -0.3 is 37.2 Å². The van der Waals surface area contributed by atoms with E-state index in [1.165, 1.54) is 23.6 Å². The van der Waals surface area contributed by atoms with Crippen molar-refractivity contribution in [3.63, 3.8) is 0 Å². The lowest BCUT2D eigenvalue weighted by Gasteiger charge is -2.30. The first-order valence-corrected chi connectivity index (χ1v) is 11.0. The number of amides is 6. The molecule has 0 bridgehead atoms. The summed E-state index contributed by atoms with van der Waals surface area (Å²) in [5.41, 5.74) is 10.3. The van der Waals surface area contributed by atoms with E-state index in [1.807, 2.05) is 0 Å². The molecule has 13 heteroatoms. The highest BCUT2D eigenvalue weighted by Crippen LogP contribution is 2.21. The first-order chi connectivity index (χ1) is 15.6. The van der Waals surface area contributed by atoms with Gasteiger partial charge in [-0.3, -0.25) is 28.8 Å². The zero-order valence-electron chi connectivity index (χ0n) is 19.0. The zero-order valence-corrected chi connectivity index (χ0v) is 19.0. The van der Waals surface area contributed by atoms with Gasteiger partial charge in [0, 0.05) is 13.1 Å². The molecule has 2 aliphatic heterocycles. The van der Waals surface area contributed by atoms with Gasteiger partial charge in [-0.05, 0) is 39.5 Å². The second-order valence-corrected chi connectivity index (χ2v) is 8.29. The molecule has 2 fully saturated rings. The Morgan fingerprint density at radius 3 is 1.82 bits per heavy atom. The van der Waals surface area contributed by atoms with Crippen molar-refractivity contribution >= 4 is 35.4 Å². The molecule has 0 aromatic heterocycles. The highest BCUT2D eigenvalue weighted by Gasteiger charge is 2.39. The van der Waals surface area contributed by atoms with Gasteiger partial charge >= 0.3 is 0 Å². The summed E-state index contributed by atoms with van der Waals surface area (Å²) in [5, 5.41) is 7.53. The summed E-state index contributed by atoms with van der Waals surface area (Å²) in [4.78, 5) is 76.0. The largest absolute Gasteiger partial charge is 0.368 e. The molecule has 0 aromatic rings. The van der Waals surface area contributed by atoms with E-state index < -0.39 is 59.6 Å². The van der Waals surface area contributed by atoms with E-state index in [9.17, 15) is 28.8 Å². The fraction of sp³-hybridized carbons (Fsp3) is 0.700. The maximum absolute atomic E-state index is 12.9. The smallest absolute Gasteiger partial charge is 0.245 e. The van der Waals surface area contributed by atoms with E-state index in [4.69, 9.17) is 11.5 Å². The summed E-state index contributed by atoms with van der Waals surface area (Å²) in [6, 6.07) is -3.27. The molecule has 0 radical (unpaired) electrons. The molecule has 2 saturated heterocycles. The Labute approximate surface area is 191 Å². The van der Waals surface area contributed by atoms with E-state index in [2.05, 4.69) is 16.0 Å². The van der Waals surface area contributed by atoms with Crippen molar-refractivity contribution in [3.8, 4) is 0 Å². The molecule has 0 spiro atoms. The van der Waals surface area contributed by atoms with Crippen molar-refractivity contribution in [3.05, 3.63) is 0 Å². The van der Waals surface area contributed by atoms with Crippen LogP contribution in [0, 0.1) is 0 Å². The van der Waals surface area contributed by atoms with Gasteiger partial charge in [0.2, 0.25) is 35.4 Å². The van der Waals surface area contributed by atoms with Crippen molar-refractivity contribution in [1.82, 2.24) is 25.8 Å². The van der Waals surface area contributed by atoms with Crippen molar-refractivity contribution in [1.29, 1.82) is 0 Å². The lowest BCUT2D eigenvalue weighted by Crippen LogP contribution is -2.57. The van der Waals surface area contributed by atoms with E-state index in [-0.39, 0.29) is 13.1 Å². The monoisotopic (exact) mass is 467 g/mol. The fourth-order valence-electron chi connectivity index (χ4n) is 4.13. The minimum Gasteiger partial charge on any atom is -0.368 e. The van der Waals surface area contributed by atoms with Crippen LogP contribution in [0.15, 0.2) is 0 Å². The Bertz CT molecular complexity index is 804. The molecular formula is C20H33N7O6. The van der Waals surface area contributed by atoms with Crippen LogP contribution >= 0.6 is 0 Å². The highest BCUT2D eigenvalue weighted by atomic mass is 16.2. The molecule has 13 nitrogen and oxygen atoms in total. The number of hydrogen-bond donors (Lipinski definition) is 5. The second kappa shape index (κ2) is 11.6. The van der Waals surface area contributed by atoms with Crippen molar-refractivity contribution < 1.29 is 28.8 Å². The Morgan fingerprint density at radius 1 is 0.848 bits per heavy atom. The average Bonchev–Trinajstić information content (AvgIpc) is 3.45. The quantitative estimate of drug-likeness (QED) is 0.232. The second-order valence-electron chi connectivity index (χ2n) is 8.29. The van der Waals surface area contributed by atoms with Crippen LogP contribution in [0.1, 0.15) is 39.5 Å². The topological polar surface area (TPSA) is 197 Å². The van der Waals surface area contributed by atoms with Crippen molar-refractivity contribution in [2.24, 2.45) is 11.5 Å². The van der Waals surface area contributed by atoms with Crippen LogP contribution in [0.4, 0.5) is 0 Å². The van der Waals surface area contributed by atoms with Gasteiger partial charge in [-0.25, -0.2) is 0 Å². The van der Waals surface area contributed by atoms with Gasteiger partial charge in [-0.15, -0.1) is 0 Å². The molecule has 2 rings (SSSR count). The fourth-order valence-corrected chi connectivity index (χ4v) is 4.13. The van der Waals surface area contributed by atoms with E-state index >= 15 is 0 Å². The SMILES string of the molecule is C[C@H](NC(=O)CN)C(=O)N1CCC[C@H]1C(=O)N[C@@H](C)C(=O)N1CCC[C@H]1C(=O)NCC(N)=O. The van der Waals surface area contributed by atoms with E-state index in [0.29, 0.717) is 38.8 Å². The first-order valence-electron chi connectivity index (χ1n) is 11.0. The summed E-state index contributed by atoms with van der Waals surface area (Å²) in [6.07, 6.45) is 2.09. The van der Waals surface area contributed by atoms with Crippen LogP contribution in [0.3, 0.4) is 0 Å². The Balaban J connectivity index is 1.97. The first kappa shape index (κ1) is 26.0. The molecule has 4 atom stereocenters. The van der Waals surface area contributed by atoms with Gasteiger partial charge in [-0.2, -0.15) is 0 Å². The number of primary amides is 1. The van der Waals surface area contributed by atoms with Crippen LogP contribution < -0.4 is 27.4 Å².